The van der Waals surface area contributed by atoms with Crippen molar-refractivity contribution in [2.24, 2.45) is 5.73 Å². The molecule has 0 saturated heterocycles. The highest BCUT2D eigenvalue weighted by Crippen LogP contribution is 2.26. The summed E-state index contributed by atoms with van der Waals surface area (Å²) >= 11 is 0. The van der Waals surface area contributed by atoms with Crippen LogP contribution in [0.25, 0.3) is 0 Å². The van der Waals surface area contributed by atoms with E-state index in [4.69, 9.17) is 5.73 Å². The van der Waals surface area contributed by atoms with Crippen LogP contribution < -0.4 is 5.73 Å². The molecule has 1 aliphatic carbocycles. The van der Waals surface area contributed by atoms with Gasteiger partial charge in [0.15, 0.2) is 0 Å². The van der Waals surface area contributed by atoms with Crippen molar-refractivity contribution in [3.63, 3.8) is 0 Å². The van der Waals surface area contributed by atoms with Gasteiger partial charge in [0.2, 0.25) is 0 Å². The molecule has 1 fully saturated rings. The van der Waals surface area contributed by atoms with E-state index in [2.05, 4.69) is 25.3 Å². The zero-order valence-corrected chi connectivity index (χ0v) is 8.71. The maximum absolute atomic E-state index is 5.51. The third-order valence-corrected chi connectivity index (χ3v) is 2.35. The highest BCUT2D eigenvalue weighted by atomic mass is 15.2. The SMILES string of the molecule is C=C(N)/C=C(\C)CN(CC)C1CC1. The Labute approximate surface area is 81.1 Å². The van der Waals surface area contributed by atoms with Crippen molar-refractivity contribution in [2.75, 3.05) is 13.1 Å². The maximum atomic E-state index is 5.51. The van der Waals surface area contributed by atoms with Crippen molar-refractivity contribution in [2.45, 2.75) is 32.7 Å². The monoisotopic (exact) mass is 180 g/mol. The van der Waals surface area contributed by atoms with Gasteiger partial charge in [0.1, 0.15) is 0 Å². The van der Waals surface area contributed by atoms with Crippen LogP contribution in [0.2, 0.25) is 0 Å². The molecule has 0 radical (unpaired) electrons. The van der Waals surface area contributed by atoms with Crippen molar-refractivity contribution in [1.29, 1.82) is 0 Å². The van der Waals surface area contributed by atoms with Gasteiger partial charge >= 0.3 is 0 Å². The molecule has 0 aromatic carbocycles. The van der Waals surface area contributed by atoms with Gasteiger partial charge in [0, 0.05) is 18.3 Å². The summed E-state index contributed by atoms with van der Waals surface area (Å²) in [4.78, 5) is 2.49. The summed E-state index contributed by atoms with van der Waals surface area (Å²) in [7, 11) is 0. The Morgan fingerprint density at radius 1 is 1.62 bits per heavy atom. The second-order valence-electron chi connectivity index (χ2n) is 3.86. The average molecular weight is 180 g/mol. The summed E-state index contributed by atoms with van der Waals surface area (Å²) in [5.74, 6) is 0. The lowest BCUT2D eigenvalue weighted by Gasteiger charge is -2.19. The predicted octanol–water partition coefficient (Wildman–Crippen LogP) is 1.89. The second kappa shape index (κ2) is 4.47. The number of hydrogen-bond donors (Lipinski definition) is 1. The lowest BCUT2D eigenvalue weighted by atomic mass is 10.2. The van der Waals surface area contributed by atoms with Crippen LogP contribution in [-0.4, -0.2) is 24.0 Å². The van der Waals surface area contributed by atoms with Gasteiger partial charge in [0.05, 0.1) is 0 Å². The van der Waals surface area contributed by atoms with Crippen LogP contribution in [0.1, 0.15) is 26.7 Å². The molecule has 0 aromatic rings. The van der Waals surface area contributed by atoms with Crippen LogP contribution in [-0.2, 0) is 0 Å². The van der Waals surface area contributed by atoms with Crippen molar-refractivity contribution in [3.05, 3.63) is 23.9 Å². The van der Waals surface area contributed by atoms with Crippen molar-refractivity contribution >= 4 is 0 Å². The predicted molar refractivity (Wildman–Crippen MR) is 57.4 cm³/mol. The molecule has 0 unspecified atom stereocenters. The third kappa shape index (κ3) is 3.64. The normalized spacial score (nSPS) is 17.9. The minimum Gasteiger partial charge on any atom is -0.399 e. The van der Waals surface area contributed by atoms with Gasteiger partial charge < -0.3 is 5.73 Å². The summed E-state index contributed by atoms with van der Waals surface area (Å²) in [5.41, 5.74) is 7.48. The molecule has 0 bridgehead atoms. The van der Waals surface area contributed by atoms with E-state index in [9.17, 15) is 0 Å². The number of nitrogens with two attached hydrogens (primary N) is 1. The van der Waals surface area contributed by atoms with Gasteiger partial charge in [-0.3, -0.25) is 4.90 Å². The Morgan fingerprint density at radius 3 is 2.62 bits per heavy atom. The second-order valence-corrected chi connectivity index (χ2v) is 3.86. The van der Waals surface area contributed by atoms with Crippen LogP contribution in [0.4, 0.5) is 0 Å². The minimum absolute atomic E-state index is 0.657. The average Bonchev–Trinajstić information content (AvgIpc) is 2.81. The Balaban J connectivity index is 2.40. The van der Waals surface area contributed by atoms with E-state index in [1.807, 2.05) is 6.08 Å². The van der Waals surface area contributed by atoms with Gasteiger partial charge in [-0.25, -0.2) is 0 Å². The fourth-order valence-corrected chi connectivity index (χ4v) is 1.62. The highest BCUT2D eigenvalue weighted by Gasteiger charge is 2.27. The smallest absolute Gasteiger partial charge is 0.0240 e. The van der Waals surface area contributed by atoms with Crippen molar-refractivity contribution < 1.29 is 0 Å². The molecular weight excluding hydrogens is 160 g/mol. The molecule has 0 heterocycles. The first-order valence-corrected chi connectivity index (χ1v) is 4.99. The standard InChI is InChI=1S/C11H20N2/c1-4-13(11-5-6-11)8-9(2)7-10(3)12/h7,11H,3-6,8,12H2,1-2H3/b9-7+. The van der Waals surface area contributed by atoms with E-state index in [1.54, 1.807) is 0 Å². The topological polar surface area (TPSA) is 29.3 Å². The first-order valence-electron chi connectivity index (χ1n) is 4.99. The van der Waals surface area contributed by atoms with Gasteiger partial charge in [0.25, 0.3) is 0 Å². The molecule has 2 N–H and O–H groups in total. The van der Waals surface area contributed by atoms with Gasteiger partial charge in [-0.1, -0.05) is 19.1 Å². The Morgan fingerprint density at radius 2 is 2.23 bits per heavy atom. The molecular formula is C11H20N2. The fourth-order valence-electron chi connectivity index (χ4n) is 1.62. The lowest BCUT2D eigenvalue weighted by molar-refractivity contribution is 0.302. The number of allylic oxidation sites excluding steroid dienone is 1. The third-order valence-electron chi connectivity index (χ3n) is 2.35. The molecule has 0 amide bonds. The molecule has 1 rings (SSSR count). The number of hydrogen-bond acceptors (Lipinski definition) is 2. The maximum Gasteiger partial charge on any atom is 0.0240 e. The largest absolute Gasteiger partial charge is 0.399 e. The molecule has 0 aromatic heterocycles. The van der Waals surface area contributed by atoms with Gasteiger partial charge in [-0.05, 0) is 32.4 Å². The Kier molecular flexibility index (Phi) is 3.55. The molecule has 74 valence electrons. The molecule has 0 atom stereocenters. The summed E-state index contributed by atoms with van der Waals surface area (Å²) < 4.78 is 0. The van der Waals surface area contributed by atoms with Crippen LogP contribution in [0.5, 0.6) is 0 Å². The van der Waals surface area contributed by atoms with Gasteiger partial charge in [-0.15, -0.1) is 0 Å². The van der Waals surface area contributed by atoms with Crippen LogP contribution in [0, 0.1) is 0 Å². The number of nitrogens with zero attached hydrogens (tertiary/aromatic N) is 1. The van der Waals surface area contributed by atoms with E-state index in [0.29, 0.717) is 5.70 Å². The highest BCUT2D eigenvalue weighted by molar-refractivity contribution is 5.17. The molecule has 2 heteroatoms. The Bertz CT molecular complexity index is 214. The zero-order chi connectivity index (χ0) is 9.84. The number of likely N-dealkylation sites (N-methyl/N-ethyl adjacent to an activating group) is 1. The first kappa shape index (κ1) is 10.3. The van der Waals surface area contributed by atoms with E-state index in [0.717, 1.165) is 19.1 Å². The quantitative estimate of drug-likeness (QED) is 0.655. The number of rotatable bonds is 5. The summed E-state index contributed by atoms with van der Waals surface area (Å²) in [6.45, 7) is 10.2. The van der Waals surface area contributed by atoms with Crippen LogP contribution in [0.15, 0.2) is 23.9 Å². The van der Waals surface area contributed by atoms with Crippen LogP contribution in [0.3, 0.4) is 0 Å². The van der Waals surface area contributed by atoms with E-state index < -0.39 is 0 Å². The summed E-state index contributed by atoms with van der Waals surface area (Å²) in [6.07, 6.45) is 4.69. The summed E-state index contributed by atoms with van der Waals surface area (Å²) in [6, 6.07) is 0.833. The fraction of sp³-hybridized carbons (Fsp3) is 0.636. The molecule has 1 aliphatic rings. The minimum atomic E-state index is 0.657. The molecule has 1 saturated carbocycles. The van der Waals surface area contributed by atoms with Crippen molar-refractivity contribution in [1.82, 2.24) is 4.90 Å². The summed E-state index contributed by atoms with van der Waals surface area (Å²) in [5, 5.41) is 0. The zero-order valence-electron chi connectivity index (χ0n) is 8.71. The van der Waals surface area contributed by atoms with E-state index in [-0.39, 0.29) is 0 Å². The van der Waals surface area contributed by atoms with Crippen molar-refractivity contribution in [3.8, 4) is 0 Å². The van der Waals surface area contributed by atoms with Crippen LogP contribution >= 0.6 is 0 Å². The molecule has 13 heavy (non-hydrogen) atoms. The molecule has 0 spiro atoms. The van der Waals surface area contributed by atoms with E-state index in [1.165, 1.54) is 18.4 Å². The van der Waals surface area contributed by atoms with Gasteiger partial charge in [-0.2, -0.15) is 0 Å². The Hall–Kier alpha value is -0.760. The lowest BCUT2D eigenvalue weighted by Crippen LogP contribution is -2.27. The van der Waals surface area contributed by atoms with E-state index >= 15 is 0 Å². The molecule has 0 aliphatic heterocycles. The molecule has 2 nitrogen and oxygen atoms in total. The first-order chi connectivity index (χ1) is 6.13.